The molecule has 1 aromatic carbocycles. The van der Waals surface area contributed by atoms with Gasteiger partial charge in [-0.25, -0.2) is 0 Å². The predicted octanol–water partition coefficient (Wildman–Crippen LogP) is 2.26. The third kappa shape index (κ3) is 3.88. The number of ether oxygens (including phenoxy) is 1. The van der Waals surface area contributed by atoms with Crippen LogP contribution in [0, 0.1) is 0 Å². The Morgan fingerprint density at radius 2 is 2.00 bits per heavy atom. The van der Waals surface area contributed by atoms with E-state index in [1.165, 1.54) is 6.26 Å². The Hall–Kier alpha value is -2.80. The standard InChI is InChI=1S/C19H22N2O5/c1-25-15-6-2-5-14(13-15)17(19(23)24)20-8-4-9-21(11-10-20)18(22)16-7-3-12-26-16/h2-3,5-7,12-13,17H,4,8-11H2,1H3,(H,23,24). The zero-order chi connectivity index (χ0) is 18.5. The quantitative estimate of drug-likeness (QED) is 0.883. The van der Waals surface area contributed by atoms with E-state index in [0.717, 1.165) is 0 Å². The number of carbonyl (C=O) groups excluding carboxylic acids is 1. The second kappa shape index (κ2) is 8.05. The fourth-order valence-corrected chi connectivity index (χ4v) is 3.28. The van der Waals surface area contributed by atoms with Gasteiger partial charge >= 0.3 is 5.97 Å². The maximum absolute atomic E-state index is 12.5. The van der Waals surface area contributed by atoms with E-state index < -0.39 is 12.0 Å². The molecule has 1 atom stereocenters. The van der Waals surface area contributed by atoms with Gasteiger partial charge in [0.05, 0.1) is 13.4 Å². The molecule has 0 radical (unpaired) electrons. The molecule has 138 valence electrons. The summed E-state index contributed by atoms with van der Waals surface area (Å²) in [6.45, 7) is 2.09. The Labute approximate surface area is 151 Å². The second-order valence-electron chi connectivity index (χ2n) is 6.18. The van der Waals surface area contributed by atoms with Crippen molar-refractivity contribution < 1.29 is 23.8 Å². The SMILES string of the molecule is COc1cccc(C(C(=O)O)N2CCCN(C(=O)c3ccco3)CC2)c1. The Morgan fingerprint density at radius 3 is 2.69 bits per heavy atom. The first-order valence-electron chi connectivity index (χ1n) is 8.53. The van der Waals surface area contributed by atoms with Crippen molar-refractivity contribution >= 4 is 11.9 Å². The van der Waals surface area contributed by atoms with E-state index in [0.29, 0.717) is 49.7 Å². The van der Waals surface area contributed by atoms with Crippen LogP contribution in [0.2, 0.25) is 0 Å². The van der Waals surface area contributed by atoms with Crippen molar-refractivity contribution in [2.75, 3.05) is 33.3 Å². The number of benzene rings is 1. The van der Waals surface area contributed by atoms with Crippen molar-refractivity contribution in [1.29, 1.82) is 0 Å². The van der Waals surface area contributed by atoms with Crippen LogP contribution in [-0.2, 0) is 4.79 Å². The number of aliphatic carboxylic acids is 1. The number of hydrogen-bond acceptors (Lipinski definition) is 5. The maximum atomic E-state index is 12.5. The molecule has 7 heteroatoms. The average Bonchev–Trinajstić information content (AvgIpc) is 3.08. The minimum atomic E-state index is -0.913. The molecule has 1 aliphatic heterocycles. The van der Waals surface area contributed by atoms with E-state index in [4.69, 9.17) is 9.15 Å². The lowest BCUT2D eigenvalue weighted by atomic mass is 10.0. The molecular weight excluding hydrogens is 336 g/mol. The smallest absolute Gasteiger partial charge is 0.325 e. The van der Waals surface area contributed by atoms with Crippen LogP contribution in [0.5, 0.6) is 5.75 Å². The highest BCUT2D eigenvalue weighted by Gasteiger charge is 2.30. The highest BCUT2D eigenvalue weighted by molar-refractivity contribution is 5.91. The molecule has 3 rings (SSSR count). The van der Waals surface area contributed by atoms with Crippen molar-refractivity contribution in [2.45, 2.75) is 12.5 Å². The van der Waals surface area contributed by atoms with Crippen LogP contribution in [-0.4, -0.2) is 60.1 Å². The van der Waals surface area contributed by atoms with E-state index in [1.807, 2.05) is 4.90 Å². The fraction of sp³-hybridized carbons (Fsp3) is 0.368. The van der Waals surface area contributed by atoms with Crippen molar-refractivity contribution in [2.24, 2.45) is 0 Å². The Morgan fingerprint density at radius 1 is 1.15 bits per heavy atom. The highest BCUT2D eigenvalue weighted by atomic mass is 16.5. The molecule has 0 aliphatic carbocycles. The summed E-state index contributed by atoms with van der Waals surface area (Å²) in [5.74, 6) is -0.145. The van der Waals surface area contributed by atoms with E-state index in [1.54, 1.807) is 48.4 Å². The first-order chi connectivity index (χ1) is 12.6. The lowest BCUT2D eigenvalue weighted by Gasteiger charge is -2.28. The lowest BCUT2D eigenvalue weighted by Crippen LogP contribution is -2.38. The number of furan rings is 1. The molecule has 0 spiro atoms. The minimum absolute atomic E-state index is 0.162. The normalized spacial score (nSPS) is 16.7. The van der Waals surface area contributed by atoms with Gasteiger partial charge in [0.1, 0.15) is 11.8 Å². The molecule has 1 aromatic heterocycles. The van der Waals surface area contributed by atoms with Crippen molar-refractivity contribution in [1.82, 2.24) is 9.80 Å². The van der Waals surface area contributed by atoms with Crippen LogP contribution in [0.1, 0.15) is 28.6 Å². The summed E-state index contributed by atoms with van der Waals surface area (Å²) >= 11 is 0. The van der Waals surface area contributed by atoms with Crippen LogP contribution in [0.25, 0.3) is 0 Å². The van der Waals surface area contributed by atoms with Gasteiger partial charge in [0, 0.05) is 26.2 Å². The van der Waals surface area contributed by atoms with Crippen LogP contribution < -0.4 is 4.74 Å². The molecule has 7 nitrogen and oxygen atoms in total. The monoisotopic (exact) mass is 358 g/mol. The van der Waals surface area contributed by atoms with Crippen molar-refractivity contribution in [3.63, 3.8) is 0 Å². The topological polar surface area (TPSA) is 83.2 Å². The first kappa shape index (κ1) is 18.0. The zero-order valence-electron chi connectivity index (χ0n) is 14.6. The number of hydrogen-bond donors (Lipinski definition) is 1. The summed E-state index contributed by atoms with van der Waals surface area (Å²) in [6.07, 6.45) is 2.17. The van der Waals surface area contributed by atoms with E-state index in [9.17, 15) is 14.7 Å². The Bertz CT molecular complexity index is 759. The van der Waals surface area contributed by atoms with Crippen molar-refractivity contribution in [3.8, 4) is 5.75 Å². The number of nitrogens with zero attached hydrogens (tertiary/aromatic N) is 2. The summed E-state index contributed by atoms with van der Waals surface area (Å²) in [6, 6.07) is 9.65. The van der Waals surface area contributed by atoms with Gasteiger partial charge in [-0.1, -0.05) is 12.1 Å². The number of amides is 1. The van der Waals surface area contributed by atoms with E-state index >= 15 is 0 Å². The molecule has 1 fully saturated rings. The summed E-state index contributed by atoms with van der Waals surface area (Å²) < 4.78 is 10.4. The molecule has 2 heterocycles. The summed E-state index contributed by atoms with van der Waals surface area (Å²) in [5, 5.41) is 9.78. The van der Waals surface area contributed by atoms with Crippen LogP contribution in [0.4, 0.5) is 0 Å². The molecule has 0 saturated carbocycles. The Balaban J connectivity index is 1.75. The van der Waals surface area contributed by atoms with Gasteiger partial charge in [0.15, 0.2) is 5.76 Å². The summed E-state index contributed by atoms with van der Waals surface area (Å²) in [4.78, 5) is 28.0. The van der Waals surface area contributed by atoms with Gasteiger partial charge in [-0.2, -0.15) is 0 Å². The molecule has 1 unspecified atom stereocenters. The lowest BCUT2D eigenvalue weighted by molar-refractivity contribution is -0.143. The minimum Gasteiger partial charge on any atom is -0.497 e. The highest BCUT2D eigenvalue weighted by Crippen LogP contribution is 2.26. The third-order valence-electron chi connectivity index (χ3n) is 4.56. The molecule has 2 aromatic rings. The number of carboxylic acid groups (broad SMARTS) is 1. The number of carbonyl (C=O) groups is 2. The van der Waals surface area contributed by atoms with Gasteiger partial charge in [-0.3, -0.25) is 14.5 Å². The molecular formula is C19H22N2O5. The maximum Gasteiger partial charge on any atom is 0.325 e. The van der Waals surface area contributed by atoms with Gasteiger partial charge < -0.3 is 19.2 Å². The largest absolute Gasteiger partial charge is 0.497 e. The molecule has 0 bridgehead atoms. The number of rotatable bonds is 5. The molecule has 1 amide bonds. The van der Waals surface area contributed by atoms with Gasteiger partial charge in [0.25, 0.3) is 5.91 Å². The Kier molecular flexibility index (Phi) is 5.58. The zero-order valence-corrected chi connectivity index (χ0v) is 14.6. The van der Waals surface area contributed by atoms with Gasteiger partial charge in [-0.15, -0.1) is 0 Å². The van der Waals surface area contributed by atoms with Gasteiger partial charge in [-0.05, 0) is 36.2 Å². The number of carboxylic acids is 1. The second-order valence-corrected chi connectivity index (χ2v) is 6.18. The van der Waals surface area contributed by atoms with Crippen LogP contribution >= 0.6 is 0 Å². The number of methoxy groups -OCH3 is 1. The molecule has 1 N–H and O–H groups in total. The first-order valence-corrected chi connectivity index (χ1v) is 8.53. The van der Waals surface area contributed by atoms with Crippen LogP contribution in [0.15, 0.2) is 47.1 Å². The molecule has 1 aliphatic rings. The fourth-order valence-electron chi connectivity index (χ4n) is 3.28. The van der Waals surface area contributed by atoms with Gasteiger partial charge in [0.2, 0.25) is 0 Å². The summed E-state index contributed by atoms with van der Waals surface area (Å²) in [7, 11) is 1.55. The average molecular weight is 358 g/mol. The summed E-state index contributed by atoms with van der Waals surface area (Å²) in [5.41, 5.74) is 0.669. The van der Waals surface area contributed by atoms with E-state index in [-0.39, 0.29) is 5.91 Å². The van der Waals surface area contributed by atoms with Crippen molar-refractivity contribution in [3.05, 3.63) is 54.0 Å². The van der Waals surface area contributed by atoms with E-state index in [2.05, 4.69) is 0 Å². The predicted molar refractivity (Wildman–Crippen MR) is 94.2 cm³/mol. The van der Waals surface area contributed by atoms with Crippen LogP contribution in [0.3, 0.4) is 0 Å². The molecule has 1 saturated heterocycles. The third-order valence-corrected chi connectivity index (χ3v) is 4.56. The molecule has 26 heavy (non-hydrogen) atoms.